The van der Waals surface area contributed by atoms with Crippen LogP contribution in [0.1, 0.15) is 62.7 Å². The highest BCUT2D eigenvalue weighted by molar-refractivity contribution is 5.82. The minimum atomic E-state index is -2.35. The van der Waals surface area contributed by atoms with Crippen LogP contribution in [0.5, 0.6) is 5.88 Å². The lowest BCUT2D eigenvalue weighted by atomic mass is 9.94. The van der Waals surface area contributed by atoms with Crippen LogP contribution in [0.2, 0.25) is 0 Å². The normalized spacial score (nSPS) is 21.1. The summed E-state index contributed by atoms with van der Waals surface area (Å²) in [4.78, 5) is 31.0. The number of ether oxygens (including phenoxy) is 3. The third kappa shape index (κ3) is 7.25. The van der Waals surface area contributed by atoms with E-state index in [-0.39, 0.29) is 36.9 Å². The monoisotopic (exact) mass is 483 g/mol. The van der Waals surface area contributed by atoms with Gasteiger partial charge in [0.05, 0.1) is 26.9 Å². The van der Waals surface area contributed by atoms with E-state index in [2.05, 4.69) is 15.0 Å². The number of nitrogens with zero attached hydrogens (tertiary/aromatic N) is 2. The van der Waals surface area contributed by atoms with Crippen molar-refractivity contribution in [1.29, 1.82) is 0 Å². The molecular weight excluding hydrogens is 448 g/mol. The molecule has 1 aliphatic carbocycles. The van der Waals surface area contributed by atoms with Crippen molar-refractivity contribution in [1.82, 2.24) is 15.2 Å². The lowest BCUT2D eigenvalue weighted by Gasteiger charge is -2.36. The first-order valence-electron chi connectivity index (χ1n) is 11.9. The van der Waals surface area contributed by atoms with Gasteiger partial charge < -0.3 is 24.4 Å². The summed E-state index contributed by atoms with van der Waals surface area (Å²) in [5.41, 5.74) is 1.72. The highest BCUT2D eigenvalue weighted by Gasteiger charge is 2.41. The number of carbonyl (C=O) groups excluding carboxylic acids is 2. The topological polar surface area (TPSA) is 90.0 Å². The van der Waals surface area contributed by atoms with Crippen molar-refractivity contribution < 1.29 is 32.6 Å². The van der Waals surface area contributed by atoms with E-state index in [1.165, 1.54) is 7.11 Å². The summed E-state index contributed by atoms with van der Waals surface area (Å²) in [6.07, 6.45) is 0.594. The second-order valence-corrected chi connectivity index (χ2v) is 9.00. The van der Waals surface area contributed by atoms with Crippen molar-refractivity contribution in [3.8, 4) is 5.88 Å². The lowest BCUT2D eigenvalue weighted by molar-refractivity contribution is -0.152. The summed E-state index contributed by atoms with van der Waals surface area (Å²) in [7, 11) is 2.87. The Morgan fingerprint density at radius 1 is 1.24 bits per heavy atom. The quantitative estimate of drug-likeness (QED) is 0.481. The van der Waals surface area contributed by atoms with E-state index in [1.54, 1.807) is 7.11 Å². The molecule has 2 heterocycles. The number of aromatic nitrogens is 1. The van der Waals surface area contributed by atoms with Gasteiger partial charge in [0.2, 0.25) is 12.3 Å². The van der Waals surface area contributed by atoms with Gasteiger partial charge in [-0.2, -0.15) is 0 Å². The molecule has 3 atom stereocenters. The van der Waals surface area contributed by atoms with E-state index in [0.717, 1.165) is 24.1 Å². The van der Waals surface area contributed by atoms with Gasteiger partial charge in [0, 0.05) is 30.8 Å². The molecule has 190 valence electrons. The molecule has 1 saturated carbocycles. The van der Waals surface area contributed by atoms with Gasteiger partial charge in [0.1, 0.15) is 6.10 Å². The van der Waals surface area contributed by atoms with Crippen LogP contribution in [0.25, 0.3) is 0 Å². The van der Waals surface area contributed by atoms with Crippen LogP contribution in [0.3, 0.4) is 0 Å². The van der Waals surface area contributed by atoms with Crippen LogP contribution < -0.4 is 10.1 Å². The molecule has 2 fully saturated rings. The second-order valence-electron chi connectivity index (χ2n) is 9.00. The van der Waals surface area contributed by atoms with Gasteiger partial charge >= 0.3 is 6.09 Å². The molecule has 1 aromatic rings. The zero-order valence-electron chi connectivity index (χ0n) is 20.1. The molecule has 0 bridgehead atoms. The number of alkyl carbamates (subject to hydrolysis) is 1. The molecule has 1 saturated heterocycles. The van der Waals surface area contributed by atoms with E-state index in [1.807, 2.05) is 24.0 Å². The molecule has 8 nitrogen and oxygen atoms in total. The van der Waals surface area contributed by atoms with Crippen LogP contribution >= 0.6 is 0 Å². The van der Waals surface area contributed by atoms with Gasteiger partial charge in [-0.25, -0.2) is 18.6 Å². The number of amides is 2. The van der Waals surface area contributed by atoms with Crippen molar-refractivity contribution in [3.05, 3.63) is 23.4 Å². The van der Waals surface area contributed by atoms with Gasteiger partial charge in [-0.15, -0.1) is 0 Å². The van der Waals surface area contributed by atoms with Crippen LogP contribution in [0.4, 0.5) is 13.6 Å². The molecular formula is C24H35F2N3O5. The number of nitrogens with one attached hydrogen (secondary N) is 1. The highest BCUT2D eigenvalue weighted by atomic mass is 19.3. The van der Waals surface area contributed by atoms with Crippen molar-refractivity contribution in [3.63, 3.8) is 0 Å². The molecule has 1 aromatic heterocycles. The van der Waals surface area contributed by atoms with Gasteiger partial charge in [-0.3, -0.25) is 4.79 Å². The first-order valence-corrected chi connectivity index (χ1v) is 11.9. The summed E-state index contributed by atoms with van der Waals surface area (Å²) in [6.45, 7) is 2.63. The number of hydrogen-bond acceptors (Lipinski definition) is 6. The van der Waals surface area contributed by atoms with Crippen LogP contribution in [0.15, 0.2) is 12.1 Å². The molecule has 3 rings (SSSR count). The Morgan fingerprint density at radius 2 is 2.00 bits per heavy atom. The molecule has 2 aliphatic rings. The van der Waals surface area contributed by atoms with Crippen molar-refractivity contribution in [2.45, 2.75) is 76.5 Å². The second kappa shape index (κ2) is 12.3. The summed E-state index contributed by atoms with van der Waals surface area (Å²) in [6, 6.07) is 3.74. The zero-order valence-corrected chi connectivity index (χ0v) is 20.1. The lowest BCUT2D eigenvalue weighted by Crippen LogP contribution is -2.45. The third-order valence-electron chi connectivity index (χ3n) is 6.40. The minimum Gasteiger partial charge on any atom is -0.481 e. The fourth-order valence-corrected chi connectivity index (χ4v) is 4.39. The van der Waals surface area contributed by atoms with Crippen LogP contribution in [0, 0.1) is 5.92 Å². The fourth-order valence-electron chi connectivity index (χ4n) is 4.39. The maximum atomic E-state index is 13.4. The predicted octanol–water partition coefficient (Wildman–Crippen LogP) is 3.88. The number of methoxy groups -OCH3 is 2. The van der Waals surface area contributed by atoms with Crippen molar-refractivity contribution in [2.75, 3.05) is 27.4 Å². The van der Waals surface area contributed by atoms with E-state index in [9.17, 15) is 18.4 Å². The summed E-state index contributed by atoms with van der Waals surface area (Å²) < 4.78 is 41.1. The first kappa shape index (κ1) is 26.1. The standard InChI is InChI=1S/C24H35F2N3O5/c1-15(17-12-18(28-22(13-17)32-2)5-4-10-27-24(31)33-3)29(19-7-8-19)23(30)20-9-6-16(14-34-20)11-21(25)26/h12-13,15-16,19-21H,4-11,14H2,1-3H3,(H,27,31)/t15-,16+,20-/m1/s1. The third-order valence-corrected chi connectivity index (χ3v) is 6.40. The van der Waals surface area contributed by atoms with Gasteiger partial charge in [0.25, 0.3) is 5.91 Å². The zero-order chi connectivity index (χ0) is 24.7. The number of alkyl halides is 2. The predicted molar refractivity (Wildman–Crippen MR) is 121 cm³/mol. The van der Waals surface area contributed by atoms with Crippen LogP contribution in [-0.2, 0) is 20.7 Å². The smallest absolute Gasteiger partial charge is 0.406 e. The molecule has 0 radical (unpaired) electrons. The van der Waals surface area contributed by atoms with Crippen molar-refractivity contribution in [2.24, 2.45) is 5.92 Å². The summed E-state index contributed by atoms with van der Waals surface area (Å²) >= 11 is 0. The Bertz CT molecular complexity index is 829. The van der Waals surface area contributed by atoms with E-state index < -0.39 is 18.6 Å². The number of hydrogen-bond donors (Lipinski definition) is 1. The highest BCUT2D eigenvalue weighted by Crippen LogP contribution is 2.37. The number of halogens is 2. The fraction of sp³-hybridized carbons (Fsp3) is 0.708. The number of carbonyl (C=O) groups is 2. The van der Waals surface area contributed by atoms with Gasteiger partial charge in [-0.05, 0) is 63.0 Å². The number of rotatable bonds is 11. The Kier molecular flexibility index (Phi) is 9.44. The maximum absolute atomic E-state index is 13.4. The largest absolute Gasteiger partial charge is 0.481 e. The molecule has 1 N–H and O–H groups in total. The van der Waals surface area contributed by atoms with Crippen LogP contribution in [-0.4, -0.2) is 67.8 Å². The summed E-state index contributed by atoms with van der Waals surface area (Å²) in [5, 5.41) is 2.65. The molecule has 1 aliphatic heterocycles. The first-order chi connectivity index (χ1) is 16.3. The summed E-state index contributed by atoms with van der Waals surface area (Å²) in [5.74, 6) is 0.189. The van der Waals surface area contributed by atoms with Gasteiger partial charge in [-0.1, -0.05) is 0 Å². The van der Waals surface area contributed by atoms with Gasteiger partial charge in [0.15, 0.2) is 0 Å². The average Bonchev–Trinajstić information content (AvgIpc) is 3.66. The molecule has 34 heavy (non-hydrogen) atoms. The Labute approximate surface area is 199 Å². The Balaban J connectivity index is 1.67. The minimum absolute atomic E-state index is 0.0786. The Hall–Kier alpha value is -2.49. The SMILES string of the molecule is COC(=O)NCCCc1cc([C@@H](C)N(C(=O)[C@H]2CC[C@@H](CC(F)F)CO2)C2CC2)cc(OC)n1. The van der Waals surface area contributed by atoms with E-state index in [0.29, 0.717) is 38.1 Å². The molecule has 0 unspecified atom stereocenters. The molecule has 0 spiro atoms. The van der Waals surface area contributed by atoms with E-state index >= 15 is 0 Å². The molecule has 0 aromatic carbocycles. The molecule has 2 amide bonds. The molecule has 10 heteroatoms. The maximum Gasteiger partial charge on any atom is 0.406 e. The average molecular weight is 484 g/mol. The number of pyridine rings is 1. The van der Waals surface area contributed by atoms with E-state index in [4.69, 9.17) is 9.47 Å². The Morgan fingerprint density at radius 3 is 2.59 bits per heavy atom. The number of aryl methyl sites for hydroxylation is 1. The van der Waals surface area contributed by atoms with Crippen molar-refractivity contribution >= 4 is 12.0 Å².